The minimum absolute atomic E-state index is 0.178. The Bertz CT molecular complexity index is 616. The van der Waals surface area contributed by atoms with Crippen molar-refractivity contribution in [2.45, 2.75) is 46.7 Å². The summed E-state index contributed by atoms with van der Waals surface area (Å²) in [7, 11) is 0. The summed E-state index contributed by atoms with van der Waals surface area (Å²) in [6, 6.07) is -0.182. The first-order chi connectivity index (χ1) is 10.1. The maximum atomic E-state index is 12.5. The molecule has 1 N–H and O–H groups in total. The van der Waals surface area contributed by atoms with E-state index in [0.717, 1.165) is 12.2 Å². The summed E-state index contributed by atoms with van der Waals surface area (Å²) in [5, 5.41) is 7.15. The van der Waals surface area contributed by atoms with Gasteiger partial charge in [0.15, 0.2) is 0 Å². The molecule has 0 aliphatic carbocycles. The molecule has 2 aromatic heterocycles. The molecule has 7 nitrogen and oxygen atoms in total. The van der Waals surface area contributed by atoms with Crippen LogP contribution in [0.15, 0.2) is 12.7 Å². The minimum Gasteiger partial charge on any atom is -0.342 e. The van der Waals surface area contributed by atoms with Gasteiger partial charge in [-0.15, -0.1) is 0 Å². The van der Waals surface area contributed by atoms with E-state index in [1.165, 1.54) is 12.7 Å². The molecule has 2 rings (SSSR count). The molecular formula is C14H20N6O. The fourth-order valence-electron chi connectivity index (χ4n) is 2.29. The normalized spacial score (nSPS) is 12.2. The quantitative estimate of drug-likeness (QED) is 0.903. The van der Waals surface area contributed by atoms with Crippen LogP contribution < -0.4 is 5.32 Å². The van der Waals surface area contributed by atoms with E-state index in [2.05, 4.69) is 25.4 Å². The molecule has 112 valence electrons. The number of nitrogens with one attached hydrogen (secondary N) is 1. The van der Waals surface area contributed by atoms with Crippen LogP contribution in [-0.4, -0.2) is 30.6 Å². The van der Waals surface area contributed by atoms with Crippen molar-refractivity contribution in [2.24, 2.45) is 0 Å². The average Bonchev–Trinajstić information content (AvgIpc) is 2.92. The number of carbonyl (C=O) groups is 1. The summed E-state index contributed by atoms with van der Waals surface area (Å²) in [6.45, 7) is 8.32. The first-order valence-electron chi connectivity index (χ1n) is 7.05. The van der Waals surface area contributed by atoms with E-state index in [0.29, 0.717) is 23.5 Å². The Morgan fingerprint density at radius 2 is 1.86 bits per heavy atom. The van der Waals surface area contributed by atoms with E-state index < -0.39 is 0 Å². The summed E-state index contributed by atoms with van der Waals surface area (Å²) in [6.07, 6.45) is 3.71. The summed E-state index contributed by atoms with van der Waals surface area (Å²) >= 11 is 0. The van der Waals surface area contributed by atoms with Gasteiger partial charge >= 0.3 is 0 Å². The Kier molecular flexibility index (Phi) is 4.62. The van der Waals surface area contributed by atoms with Crippen LogP contribution in [0.3, 0.4) is 0 Å². The first-order valence-corrected chi connectivity index (χ1v) is 7.05. The van der Waals surface area contributed by atoms with Gasteiger partial charge in [0.1, 0.15) is 18.5 Å². The standard InChI is InChI=1S/C14H20N6O/c1-5-11(13-17-8-18-20(13)6-2)19-14(21)12-9(3)15-7-16-10(12)4/h7-8,11H,5-6H2,1-4H3,(H,19,21)/t11-/m1/s1. The summed E-state index contributed by atoms with van der Waals surface area (Å²) in [5.74, 6) is 0.587. The second-order valence-corrected chi connectivity index (χ2v) is 4.79. The number of aryl methyl sites for hydroxylation is 3. The Morgan fingerprint density at radius 3 is 2.43 bits per heavy atom. The summed E-state index contributed by atoms with van der Waals surface area (Å²) < 4.78 is 1.79. The van der Waals surface area contributed by atoms with Crippen LogP contribution in [0, 0.1) is 13.8 Å². The topological polar surface area (TPSA) is 85.6 Å². The smallest absolute Gasteiger partial charge is 0.255 e. The number of rotatable bonds is 5. The molecule has 0 aliphatic heterocycles. The van der Waals surface area contributed by atoms with Gasteiger partial charge in [-0.05, 0) is 27.2 Å². The fourth-order valence-corrected chi connectivity index (χ4v) is 2.29. The molecule has 0 bridgehead atoms. The van der Waals surface area contributed by atoms with Crippen LogP contribution in [0.25, 0.3) is 0 Å². The monoisotopic (exact) mass is 288 g/mol. The molecule has 0 spiro atoms. The molecule has 2 aromatic rings. The fraction of sp³-hybridized carbons (Fsp3) is 0.500. The zero-order valence-corrected chi connectivity index (χ0v) is 12.8. The molecule has 7 heteroatoms. The van der Waals surface area contributed by atoms with Crippen LogP contribution in [0.5, 0.6) is 0 Å². The van der Waals surface area contributed by atoms with Gasteiger partial charge in [0, 0.05) is 6.54 Å². The molecule has 0 fully saturated rings. The zero-order chi connectivity index (χ0) is 15.4. The van der Waals surface area contributed by atoms with Crippen LogP contribution in [0.4, 0.5) is 0 Å². The van der Waals surface area contributed by atoms with E-state index in [9.17, 15) is 4.79 Å². The highest BCUT2D eigenvalue weighted by molar-refractivity contribution is 5.96. The number of carbonyl (C=O) groups excluding carboxylic acids is 1. The Labute approximate surface area is 123 Å². The van der Waals surface area contributed by atoms with Crippen LogP contribution in [0.2, 0.25) is 0 Å². The Hall–Kier alpha value is -2.31. The van der Waals surface area contributed by atoms with Crippen molar-refractivity contribution in [3.8, 4) is 0 Å². The van der Waals surface area contributed by atoms with Crippen molar-refractivity contribution >= 4 is 5.91 Å². The predicted molar refractivity (Wildman–Crippen MR) is 77.7 cm³/mol. The molecule has 0 radical (unpaired) electrons. The number of nitrogens with zero attached hydrogens (tertiary/aromatic N) is 5. The molecular weight excluding hydrogens is 268 g/mol. The van der Waals surface area contributed by atoms with Gasteiger partial charge < -0.3 is 5.32 Å². The van der Waals surface area contributed by atoms with Gasteiger partial charge in [-0.3, -0.25) is 4.79 Å². The molecule has 0 unspecified atom stereocenters. The van der Waals surface area contributed by atoms with E-state index in [1.807, 2.05) is 13.8 Å². The highest BCUT2D eigenvalue weighted by atomic mass is 16.1. The maximum absolute atomic E-state index is 12.5. The molecule has 1 amide bonds. The van der Waals surface area contributed by atoms with Gasteiger partial charge in [0.05, 0.1) is 23.0 Å². The van der Waals surface area contributed by atoms with Gasteiger partial charge in [-0.2, -0.15) is 5.10 Å². The first kappa shape index (κ1) is 15.1. The molecule has 0 aromatic carbocycles. The maximum Gasteiger partial charge on any atom is 0.255 e. The lowest BCUT2D eigenvalue weighted by Gasteiger charge is -2.18. The summed E-state index contributed by atoms with van der Waals surface area (Å²) in [4.78, 5) is 24.9. The van der Waals surface area contributed by atoms with Gasteiger partial charge in [0.25, 0.3) is 5.91 Å². The molecule has 0 saturated heterocycles. The molecule has 0 saturated carbocycles. The SMILES string of the molecule is CC[C@@H](NC(=O)c1c(C)ncnc1C)c1ncnn1CC. The van der Waals surface area contributed by atoms with Crippen molar-refractivity contribution < 1.29 is 4.79 Å². The van der Waals surface area contributed by atoms with E-state index in [1.54, 1.807) is 18.5 Å². The second-order valence-electron chi connectivity index (χ2n) is 4.79. The van der Waals surface area contributed by atoms with Crippen molar-refractivity contribution in [2.75, 3.05) is 0 Å². The third-order valence-electron chi connectivity index (χ3n) is 3.42. The van der Waals surface area contributed by atoms with E-state index in [4.69, 9.17) is 0 Å². The Balaban J connectivity index is 2.25. The lowest BCUT2D eigenvalue weighted by molar-refractivity contribution is 0.0930. The van der Waals surface area contributed by atoms with Gasteiger partial charge in [-0.1, -0.05) is 6.92 Å². The highest BCUT2D eigenvalue weighted by Gasteiger charge is 2.21. The molecule has 1 atom stereocenters. The van der Waals surface area contributed by atoms with Crippen molar-refractivity contribution in [1.29, 1.82) is 0 Å². The Morgan fingerprint density at radius 1 is 1.19 bits per heavy atom. The lowest BCUT2D eigenvalue weighted by atomic mass is 10.1. The second kappa shape index (κ2) is 6.43. The largest absolute Gasteiger partial charge is 0.342 e. The van der Waals surface area contributed by atoms with Crippen molar-refractivity contribution in [3.05, 3.63) is 35.4 Å². The number of hydrogen-bond donors (Lipinski definition) is 1. The van der Waals surface area contributed by atoms with Crippen molar-refractivity contribution in [1.82, 2.24) is 30.0 Å². The van der Waals surface area contributed by atoms with E-state index in [-0.39, 0.29) is 11.9 Å². The summed E-state index contributed by atoms with van der Waals surface area (Å²) in [5.41, 5.74) is 1.87. The van der Waals surface area contributed by atoms with Gasteiger partial charge in [0.2, 0.25) is 0 Å². The minimum atomic E-state index is -0.182. The highest BCUT2D eigenvalue weighted by Crippen LogP contribution is 2.16. The predicted octanol–water partition coefficient (Wildman–Crippen LogP) is 1.59. The molecule has 21 heavy (non-hydrogen) atoms. The third-order valence-corrected chi connectivity index (χ3v) is 3.42. The van der Waals surface area contributed by atoms with E-state index >= 15 is 0 Å². The number of hydrogen-bond acceptors (Lipinski definition) is 5. The van der Waals surface area contributed by atoms with Crippen LogP contribution in [-0.2, 0) is 6.54 Å². The van der Waals surface area contributed by atoms with Crippen molar-refractivity contribution in [3.63, 3.8) is 0 Å². The third kappa shape index (κ3) is 3.07. The zero-order valence-electron chi connectivity index (χ0n) is 12.8. The molecule has 2 heterocycles. The number of amides is 1. The average molecular weight is 288 g/mol. The molecule has 0 aliphatic rings. The van der Waals surface area contributed by atoms with Crippen LogP contribution >= 0.6 is 0 Å². The van der Waals surface area contributed by atoms with Gasteiger partial charge in [-0.25, -0.2) is 19.6 Å². The lowest BCUT2D eigenvalue weighted by Crippen LogP contribution is -2.31. The van der Waals surface area contributed by atoms with Crippen LogP contribution in [0.1, 0.15) is 53.9 Å². The number of aromatic nitrogens is 5.